The minimum absolute atomic E-state index is 0.262. The molecular formula is C17H19N3O2S. The van der Waals surface area contributed by atoms with Crippen LogP contribution in [0.2, 0.25) is 0 Å². The van der Waals surface area contributed by atoms with Crippen LogP contribution in [0.4, 0.5) is 5.69 Å². The Bertz CT molecular complexity index is 731. The lowest BCUT2D eigenvalue weighted by Gasteiger charge is -2.13. The van der Waals surface area contributed by atoms with Crippen molar-refractivity contribution >= 4 is 28.8 Å². The van der Waals surface area contributed by atoms with E-state index in [0.29, 0.717) is 10.4 Å². The molecule has 6 heteroatoms. The number of hydrazine groups is 1. The second-order valence-electron chi connectivity index (χ2n) is 5.77. The summed E-state index contributed by atoms with van der Waals surface area (Å²) in [7, 11) is 3.82. The monoisotopic (exact) mass is 329 g/mol. The molecule has 2 aromatic rings. The number of benzene rings is 1. The zero-order valence-corrected chi connectivity index (χ0v) is 14.0. The SMILES string of the molecule is CN(C)c1cccc(C(=O)NNC(=O)c2cc3c(s2)CCC3)c1. The van der Waals surface area contributed by atoms with Gasteiger partial charge in [0.05, 0.1) is 4.88 Å². The van der Waals surface area contributed by atoms with Crippen LogP contribution in [0.15, 0.2) is 30.3 Å². The van der Waals surface area contributed by atoms with E-state index in [4.69, 9.17) is 0 Å². The fourth-order valence-corrected chi connectivity index (χ4v) is 3.76. The summed E-state index contributed by atoms with van der Waals surface area (Å²) in [5.41, 5.74) is 7.67. The minimum Gasteiger partial charge on any atom is -0.378 e. The van der Waals surface area contributed by atoms with Gasteiger partial charge in [-0.15, -0.1) is 11.3 Å². The van der Waals surface area contributed by atoms with Crippen molar-refractivity contribution in [3.63, 3.8) is 0 Å². The second kappa shape index (κ2) is 6.42. The van der Waals surface area contributed by atoms with Gasteiger partial charge in [-0.05, 0) is 49.1 Å². The molecule has 120 valence electrons. The molecule has 1 aromatic heterocycles. The summed E-state index contributed by atoms with van der Waals surface area (Å²) in [5.74, 6) is -0.590. The lowest BCUT2D eigenvalue weighted by molar-refractivity contribution is 0.0849. The Morgan fingerprint density at radius 3 is 2.61 bits per heavy atom. The Hall–Kier alpha value is -2.34. The number of hydrogen-bond donors (Lipinski definition) is 2. The van der Waals surface area contributed by atoms with Gasteiger partial charge in [0.25, 0.3) is 11.8 Å². The second-order valence-corrected chi connectivity index (χ2v) is 6.90. The van der Waals surface area contributed by atoms with Crippen molar-refractivity contribution in [2.24, 2.45) is 0 Å². The van der Waals surface area contributed by atoms with E-state index in [0.717, 1.165) is 18.5 Å². The van der Waals surface area contributed by atoms with E-state index in [1.165, 1.54) is 28.2 Å². The van der Waals surface area contributed by atoms with Crippen molar-refractivity contribution in [3.8, 4) is 0 Å². The first kappa shape index (κ1) is 15.6. The van der Waals surface area contributed by atoms with E-state index in [-0.39, 0.29) is 11.8 Å². The van der Waals surface area contributed by atoms with E-state index < -0.39 is 0 Å². The largest absolute Gasteiger partial charge is 0.378 e. The van der Waals surface area contributed by atoms with Gasteiger partial charge in [-0.2, -0.15) is 0 Å². The molecule has 3 rings (SSSR count). The zero-order valence-electron chi connectivity index (χ0n) is 13.2. The zero-order chi connectivity index (χ0) is 16.4. The van der Waals surface area contributed by atoms with Gasteiger partial charge >= 0.3 is 0 Å². The highest BCUT2D eigenvalue weighted by Gasteiger charge is 2.18. The van der Waals surface area contributed by atoms with Crippen molar-refractivity contribution in [3.05, 3.63) is 51.2 Å². The standard InChI is InChI=1S/C17H19N3O2S/c1-20(2)13-7-3-6-12(9-13)16(21)18-19-17(22)15-10-11-5-4-8-14(11)23-15/h3,6-7,9-10H,4-5,8H2,1-2H3,(H,18,21)(H,19,22). The van der Waals surface area contributed by atoms with Crippen LogP contribution in [-0.2, 0) is 12.8 Å². The summed E-state index contributed by atoms with van der Waals surface area (Å²) in [6.07, 6.45) is 3.27. The topological polar surface area (TPSA) is 61.4 Å². The van der Waals surface area contributed by atoms with Crippen molar-refractivity contribution in [2.45, 2.75) is 19.3 Å². The average molecular weight is 329 g/mol. The highest BCUT2D eigenvalue weighted by Crippen LogP contribution is 2.30. The Balaban J connectivity index is 1.62. The van der Waals surface area contributed by atoms with Crippen LogP contribution in [-0.4, -0.2) is 25.9 Å². The summed E-state index contributed by atoms with van der Waals surface area (Å²) in [6.45, 7) is 0. The smallest absolute Gasteiger partial charge is 0.279 e. The average Bonchev–Trinajstić information content (AvgIpc) is 3.14. The molecule has 23 heavy (non-hydrogen) atoms. The van der Waals surface area contributed by atoms with Gasteiger partial charge in [-0.1, -0.05) is 6.07 Å². The van der Waals surface area contributed by atoms with Gasteiger partial charge in [0.15, 0.2) is 0 Å². The van der Waals surface area contributed by atoms with Crippen LogP contribution in [0.1, 0.15) is 36.9 Å². The Morgan fingerprint density at radius 1 is 1.09 bits per heavy atom. The van der Waals surface area contributed by atoms with E-state index in [1.807, 2.05) is 37.2 Å². The molecular weight excluding hydrogens is 310 g/mol. The first-order chi connectivity index (χ1) is 11.0. The number of carbonyl (C=O) groups excluding carboxylic acids is 2. The Kier molecular flexibility index (Phi) is 4.34. The molecule has 2 N–H and O–H groups in total. The maximum atomic E-state index is 12.2. The molecule has 1 aliphatic rings. The van der Waals surface area contributed by atoms with Gasteiger partial charge in [-0.3, -0.25) is 20.4 Å². The quantitative estimate of drug-likeness (QED) is 0.850. The van der Waals surface area contributed by atoms with Crippen LogP contribution in [0, 0.1) is 0 Å². The summed E-state index contributed by atoms with van der Waals surface area (Å²) >= 11 is 1.51. The predicted octanol–water partition coefficient (Wildman–Crippen LogP) is 2.38. The molecule has 0 spiro atoms. The van der Waals surface area contributed by atoms with Crippen molar-refractivity contribution in [1.29, 1.82) is 0 Å². The van der Waals surface area contributed by atoms with E-state index in [2.05, 4.69) is 10.9 Å². The number of amides is 2. The van der Waals surface area contributed by atoms with E-state index in [9.17, 15) is 9.59 Å². The molecule has 0 radical (unpaired) electrons. The van der Waals surface area contributed by atoms with Gasteiger partial charge < -0.3 is 4.90 Å². The number of fused-ring (bicyclic) bond motifs is 1. The number of anilines is 1. The fraction of sp³-hybridized carbons (Fsp3) is 0.294. The first-order valence-corrected chi connectivity index (χ1v) is 8.36. The molecule has 0 saturated carbocycles. The number of nitrogens with one attached hydrogen (secondary N) is 2. The summed E-state index contributed by atoms with van der Waals surface area (Å²) in [5, 5.41) is 0. The molecule has 1 aromatic carbocycles. The van der Waals surface area contributed by atoms with Crippen LogP contribution in [0.5, 0.6) is 0 Å². The normalized spacial score (nSPS) is 12.6. The maximum Gasteiger partial charge on any atom is 0.279 e. The lowest BCUT2D eigenvalue weighted by Crippen LogP contribution is -2.41. The number of nitrogens with zero attached hydrogens (tertiary/aromatic N) is 1. The molecule has 2 amide bonds. The number of thiophene rings is 1. The molecule has 0 bridgehead atoms. The van der Waals surface area contributed by atoms with Crippen molar-refractivity contribution in [1.82, 2.24) is 10.9 Å². The Labute approximate surface area is 139 Å². The molecule has 0 aliphatic heterocycles. The highest BCUT2D eigenvalue weighted by atomic mass is 32.1. The summed E-state index contributed by atoms with van der Waals surface area (Å²) < 4.78 is 0. The number of hydrogen-bond acceptors (Lipinski definition) is 4. The van der Waals surface area contributed by atoms with Crippen LogP contribution in [0.25, 0.3) is 0 Å². The molecule has 5 nitrogen and oxygen atoms in total. The summed E-state index contributed by atoms with van der Waals surface area (Å²) in [4.78, 5) is 28.2. The van der Waals surface area contributed by atoms with E-state index in [1.54, 1.807) is 12.1 Å². The number of aryl methyl sites for hydroxylation is 2. The lowest BCUT2D eigenvalue weighted by atomic mass is 10.2. The third-order valence-electron chi connectivity index (χ3n) is 3.88. The molecule has 1 aliphatic carbocycles. The fourth-order valence-electron chi connectivity index (χ4n) is 2.61. The van der Waals surface area contributed by atoms with Gasteiger partial charge in [-0.25, -0.2) is 0 Å². The van der Waals surface area contributed by atoms with Crippen molar-refractivity contribution < 1.29 is 9.59 Å². The molecule has 0 unspecified atom stereocenters. The maximum absolute atomic E-state index is 12.2. The highest BCUT2D eigenvalue weighted by molar-refractivity contribution is 7.14. The Morgan fingerprint density at radius 2 is 1.87 bits per heavy atom. The van der Waals surface area contributed by atoms with Crippen LogP contribution >= 0.6 is 11.3 Å². The summed E-state index contributed by atoms with van der Waals surface area (Å²) in [6, 6.07) is 9.16. The first-order valence-electron chi connectivity index (χ1n) is 7.54. The molecule has 0 saturated heterocycles. The number of rotatable bonds is 3. The molecule has 1 heterocycles. The minimum atomic E-state index is -0.328. The van der Waals surface area contributed by atoms with Gasteiger partial charge in [0.1, 0.15) is 0 Å². The third kappa shape index (κ3) is 3.37. The van der Waals surface area contributed by atoms with E-state index >= 15 is 0 Å². The van der Waals surface area contributed by atoms with Crippen LogP contribution in [0.3, 0.4) is 0 Å². The van der Waals surface area contributed by atoms with Gasteiger partial charge in [0.2, 0.25) is 0 Å². The number of carbonyl (C=O) groups is 2. The third-order valence-corrected chi connectivity index (χ3v) is 5.12. The molecule has 0 atom stereocenters. The predicted molar refractivity (Wildman–Crippen MR) is 92.0 cm³/mol. The molecule has 0 fully saturated rings. The van der Waals surface area contributed by atoms with Gasteiger partial charge in [0, 0.05) is 30.2 Å². The van der Waals surface area contributed by atoms with Crippen molar-refractivity contribution in [2.75, 3.05) is 19.0 Å². The van der Waals surface area contributed by atoms with Crippen LogP contribution < -0.4 is 15.8 Å².